The first-order chi connectivity index (χ1) is 11.1. The Kier molecular flexibility index (Phi) is 3.79. The molecule has 0 saturated carbocycles. The Labute approximate surface area is 130 Å². The number of amides is 2. The maximum atomic E-state index is 12.0. The molecule has 0 atom stereocenters. The molecule has 0 spiro atoms. The van der Waals surface area contributed by atoms with E-state index in [0.717, 1.165) is 0 Å². The topological polar surface area (TPSA) is 109 Å². The van der Waals surface area contributed by atoms with Crippen molar-refractivity contribution in [3.63, 3.8) is 0 Å². The molecule has 3 rings (SSSR count). The Bertz CT molecular complexity index is 825. The number of aromatic nitrogens is 2. The fourth-order valence-corrected chi connectivity index (χ4v) is 1.88. The summed E-state index contributed by atoms with van der Waals surface area (Å²) < 4.78 is 6.13. The Morgan fingerprint density at radius 3 is 2.52 bits per heavy atom. The molecular weight excluding hydrogens is 300 g/mol. The first-order valence-corrected chi connectivity index (χ1v) is 6.62. The number of nitrogens with zero attached hydrogens (tertiary/aromatic N) is 2. The third-order valence-corrected chi connectivity index (χ3v) is 3.00. The van der Waals surface area contributed by atoms with E-state index in [-0.39, 0.29) is 17.0 Å². The normalized spacial score (nSPS) is 10.3. The molecule has 2 heterocycles. The predicted molar refractivity (Wildman–Crippen MR) is 78.9 cm³/mol. The van der Waals surface area contributed by atoms with E-state index in [4.69, 9.17) is 4.42 Å². The third kappa shape index (κ3) is 3.05. The number of hydrazine groups is 1. The lowest BCUT2D eigenvalue weighted by atomic mass is 10.3. The molecule has 0 saturated heterocycles. The van der Waals surface area contributed by atoms with Gasteiger partial charge in [0.25, 0.3) is 11.8 Å². The van der Waals surface area contributed by atoms with Crippen molar-refractivity contribution in [2.45, 2.75) is 0 Å². The second-order valence-electron chi connectivity index (χ2n) is 4.56. The number of furan rings is 1. The molecule has 2 aromatic heterocycles. The van der Waals surface area contributed by atoms with E-state index in [9.17, 15) is 14.7 Å². The standard InChI is InChI=1S/C15H12N4O4/c20-12-8-19(11-4-2-1-3-5-11)18-13(12)15(22)17-16-14(21)10-6-7-23-9-10/h1-9,20H,(H,16,21)(H,17,22). The minimum Gasteiger partial charge on any atom is -0.504 e. The van der Waals surface area contributed by atoms with E-state index in [1.165, 1.54) is 29.5 Å². The number of benzene rings is 1. The zero-order valence-corrected chi connectivity index (χ0v) is 11.8. The van der Waals surface area contributed by atoms with Crippen LogP contribution >= 0.6 is 0 Å². The van der Waals surface area contributed by atoms with Crippen LogP contribution in [0.5, 0.6) is 5.75 Å². The van der Waals surface area contributed by atoms with Crippen molar-refractivity contribution in [3.8, 4) is 11.4 Å². The summed E-state index contributed by atoms with van der Waals surface area (Å²) in [5.74, 6) is -1.59. The molecule has 0 aliphatic carbocycles. The van der Waals surface area contributed by atoms with Crippen LogP contribution in [-0.2, 0) is 0 Å². The van der Waals surface area contributed by atoms with Gasteiger partial charge in [0.1, 0.15) is 6.26 Å². The third-order valence-electron chi connectivity index (χ3n) is 3.00. The Hall–Kier alpha value is -3.55. The number of hydrogen-bond acceptors (Lipinski definition) is 5. The van der Waals surface area contributed by atoms with Crippen LogP contribution in [0, 0.1) is 0 Å². The summed E-state index contributed by atoms with van der Waals surface area (Å²) in [6.45, 7) is 0. The summed E-state index contributed by atoms with van der Waals surface area (Å²) in [7, 11) is 0. The van der Waals surface area contributed by atoms with Gasteiger partial charge in [-0.15, -0.1) is 0 Å². The van der Waals surface area contributed by atoms with Crippen molar-refractivity contribution >= 4 is 11.8 Å². The van der Waals surface area contributed by atoms with Gasteiger partial charge < -0.3 is 9.52 Å². The minimum atomic E-state index is -0.742. The van der Waals surface area contributed by atoms with Gasteiger partial charge in [0, 0.05) is 0 Å². The zero-order valence-electron chi connectivity index (χ0n) is 11.8. The van der Waals surface area contributed by atoms with Gasteiger partial charge in [0.2, 0.25) is 0 Å². The average molecular weight is 312 g/mol. The van der Waals surface area contributed by atoms with Crippen molar-refractivity contribution < 1.29 is 19.1 Å². The molecule has 0 fully saturated rings. The van der Waals surface area contributed by atoms with Crippen LogP contribution in [0.4, 0.5) is 0 Å². The quantitative estimate of drug-likeness (QED) is 0.630. The van der Waals surface area contributed by atoms with Gasteiger partial charge in [-0.3, -0.25) is 20.4 Å². The number of nitrogens with one attached hydrogen (secondary N) is 2. The van der Waals surface area contributed by atoms with E-state index >= 15 is 0 Å². The monoisotopic (exact) mass is 312 g/mol. The van der Waals surface area contributed by atoms with Gasteiger partial charge in [-0.1, -0.05) is 18.2 Å². The van der Waals surface area contributed by atoms with Crippen LogP contribution in [0.3, 0.4) is 0 Å². The van der Waals surface area contributed by atoms with Crippen molar-refractivity contribution in [1.29, 1.82) is 0 Å². The van der Waals surface area contributed by atoms with Crippen LogP contribution in [0.25, 0.3) is 5.69 Å². The van der Waals surface area contributed by atoms with Gasteiger partial charge >= 0.3 is 0 Å². The molecule has 3 aromatic rings. The van der Waals surface area contributed by atoms with Crippen LogP contribution in [0.2, 0.25) is 0 Å². The lowest BCUT2D eigenvalue weighted by Crippen LogP contribution is -2.41. The van der Waals surface area contributed by atoms with Crippen molar-refractivity contribution in [3.05, 3.63) is 66.4 Å². The molecule has 0 bridgehead atoms. The molecular formula is C15H12N4O4. The highest BCUT2D eigenvalue weighted by atomic mass is 16.3. The largest absolute Gasteiger partial charge is 0.504 e. The molecule has 116 valence electrons. The van der Waals surface area contributed by atoms with Gasteiger partial charge in [-0.25, -0.2) is 4.68 Å². The lowest BCUT2D eigenvalue weighted by molar-refractivity contribution is 0.0841. The number of aromatic hydroxyl groups is 1. The molecule has 1 aromatic carbocycles. The minimum absolute atomic E-state index is 0.207. The molecule has 0 aliphatic rings. The average Bonchev–Trinajstić information content (AvgIpc) is 3.23. The van der Waals surface area contributed by atoms with Crippen molar-refractivity contribution in [2.24, 2.45) is 0 Å². The fourth-order valence-electron chi connectivity index (χ4n) is 1.88. The van der Waals surface area contributed by atoms with E-state index in [2.05, 4.69) is 16.0 Å². The number of rotatable bonds is 3. The van der Waals surface area contributed by atoms with Crippen LogP contribution in [-0.4, -0.2) is 26.7 Å². The summed E-state index contributed by atoms with van der Waals surface area (Å²) in [5.41, 5.74) is 5.11. The molecule has 23 heavy (non-hydrogen) atoms. The van der Waals surface area contributed by atoms with Crippen LogP contribution in [0.15, 0.2) is 59.5 Å². The highest BCUT2D eigenvalue weighted by molar-refractivity contribution is 5.99. The molecule has 0 radical (unpaired) electrons. The highest BCUT2D eigenvalue weighted by Gasteiger charge is 2.18. The van der Waals surface area contributed by atoms with E-state index in [1.807, 2.05) is 6.07 Å². The maximum absolute atomic E-state index is 12.0. The SMILES string of the molecule is O=C(NNC(=O)c1nn(-c2ccccc2)cc1O)c1ccoc1. The number of hydrogen-bond donors (Lipinski definition) is 3. The first-order valence-electron chi connectivity index (χ1n) is 6.62. The Morgan fingerprint density at radius 1 is 1.09 bits per heavy atom. The smallest absolute Gasteiger partial charge is 0.294 e. The van der Waals surface area contributed by atoms with Crippen LogP contribution < -0.4 is 10.9 Å². The maximum Gasteiger partial charge on any atom is 0.294 e. The second-order valence-corrected chi connectivity index (χ2v) is 4.56. The van der Waals surface area contributed by atoms with Gasteiger partial charge in [0.05, 0.1) is 23.7 Å². The zero-order chi connectivity index (χ0) is 16.2. The second kappa shape index (κ2) is 6.06. The molecule has 8 nitrogen and oxygen atoms in total. The van der Waals surface area contributed by atoms with E-state index in [1.54, 1.807) is 24.3 Å². The lowest BCUT2D eigenvalue weighted by Gasteiger charge is -2.04. The molecule has 3 N–H and O–H groups in total. The number of para-hydroxylation sites is 1. The first kappa shape index (κ1) is 14.4. The fraction of sp³-hybridized carbons (Fsp3) is 0. The Balaban J connectivity index is 1.70. The van der Waals surface area contributed by atoms with E-state index in [0.29, 0.717) is 5.69 Å². The van der Waals surface area contributed by atoms with Crippen molar-refractivity contribution in [2.75, 3.05) is 0 Å². The summed E-state index contributed by atoms with van der Waals surface area (Å²) in [4.78, 5) is 23.7. The summed E-state index contributed by atoms with van der Waals surface area (Å²) in [6, 6.07) is 10.4. The van der Waals surface area contributed by atoms with Gasteiger partial charge in [-0.2, -0.15) is 5.10 Å². The number of carbonyl (C=O) groups is 2. The van der Waals surface area contributed by atoms with Crippen LogP contribution in [0.1, 0.15) is 20.8 Å². The van der Waals surface area contributed by atoms with Gasteiger partial charge in [0.15, 0.2) is 11.4 Å². The van der Waals surface area contributed by atoms with Gasteiger partial charge in [-0.05, 0) is 18.2 Å². The van der Waals surface area contributed by atoms with Crippen molar-refractivity contribution in [1.82, 2.24) is 20.6 Å². The van der Waals surface area contributed by atoms with E-state index < -0.39 is 11.8 Å². The summed E-state index contributed by atoms with van der Waals surface area (Å²) in [6.07, 6.45) is 3.88. The molecule has 8 heteroatoms. The summed E-state index contributed by atoms with van der Waals surface area (Å²) in [5, 5.41) is 13.8. The molecule has 2 amide bonds. The molecule has 0 unspecified atom stereocenters. The Morgan fingerprint density at radius 2 is 1.83 bits per heavy atom. The molecule has 0 aliphatic heterocycles. The number of carbonyl (C=O) groups excluding carboxylic acids is 2. The summed E-state index contributed by atoms with van der Waals surface area (Å²) >= 11 is 0. The predicted octanol–water partition coefficient (Wildman–Crippen LogP) is 1.25. The highest BCUT2D eigenvalue weighted by Crippen LogP contribution is 2.17.